The zero-order chi connectivity index (χ0) is 8.48. The third-order valence-electron chi connectivity index (χ3n) is 2.03. The van der Waals surface area contributed by atoms with Gasteiger partial charge in [-0.3, -0.25) is 4.90 Å². The molecule has 3 heteroatoms. The van der Waals surface area contributed by atoms with E-state index in [-0.39, 0.29) is 5.54 Å². The van der Waals surface area contributed by atoms with E-state index in [1.165, 1.54) is 0 Å². The van der Waals surface area contributed by atoms with E-state index in [9.17, 15) is 0 Å². The average Bonchev–Trinajstić information content (AvgIpc) is 1.78. The van der Waals surface area contributed by atoms with Gasteiger partial charge in [0.2, 0.25) is 0 Å². The van der Waals surface area contributed by atoms with Crippen molar-refractivity contribution in [3.05, 3.63) is 0 Å². The van der Waals surface area contributed by atoms with E-state index >= 15 is 0 Å². The normalized spacial score (nSPS) is 23.7. The lowest BCUT2D eigenvalue weighted by Crippen LogP contribution is -2.65. The summed E-state index contributed by atoms with van der Waals surface area (Å²) in [6.07, 6.45) is 0. The first-order valence-electron chi connectivity index (χ1n) is 4.16. The maximum atomic E-state index is 5.86. The number of rotatable bonds is 3. The minimum Gasteiger partial charge on any atom is -0.323 e. The molecule has 1 aliphatic heterocycles. The second-order valence-electron chi connectivity index (χ2n) is 4.17. The Labute approximate surface area is 69.1 Å². The third kappa shape index (κ3) is 2.77. The SMILES string of the molecule is CN(C)CCN1CC(C)(N)C1. The number of hydrogen-bond acceptors (Lipinski definition) is 3. The molecule has 66 valence electrons. The Kier molecular flexibility index (Phi) is 2.52. The molecule has 0 atom stereocenters. The summed E-state index contributed by atoms with van der Waals surface area (Å²) in [7, 11) is 4.20. The fraction of sp³-hybridized carbons (Fsp3) is 1.00. The Morgan fingerprint density at radius 2 is 2.00 bits per heavy atom. The maximum absolute atomic E-state index is 5.86. The summed E-state index contributed by atoms with van der Waals surface area (Å²) in [5.41, 5.74) is 5.95. The van der Waals surface area contributed by atoms with E-state index < -0.39 is 0 Å². The Bertz CT molecular complexity index is 123. The summed E-state index contributed by atoms with van der Waals surface area (Å²) < 4.78 is 0. The molecule has 3 nitrogen and oxygen atoms in total. The van der Waals surface area contributed by atoms with Crippen molar-refractivity contribution in [2.75, 3.05) is 40.3 Å². The average molecular weight is 157 g/mol. The fourth-order valence-electron chi connectivity index (χ4n) is 1.47. The molecule has 0 saturated carbocycles. The molecular weight excluding hydrogens is 138 g/mol. The van der Waals surface area contributed by atoms with Crippen LogP contribution < -0.4 is 5.73 Å². The van der Waals surface area contributed by atoms with Crippen molar-refractivity contribution in [2.45, 2.75) is 12.5 Å². The van der Waals surface area contributed by atoms with Gasteiger partial charge in [0.1, 0.15) is 0 Å². The first kappa shape index (κ1) is 8.97. The molecule has 1 rings (SSSR count). The van der Waals surface area contributed by atoms with Crippen LogP contribution >= 0.6 is 0 Å². The minimum atomic E-state index is 0.0896. The highest BCUT2D eigenvalue weighted by Gasteiger charge is 2.33. The molecule has 2 N–H and O–H groups in total. The second kappa shape index (κ2) is 3.09. The van der Waals surface area contributed by atoms with Gasteiger partial charge in [0, 0.05) is 31.7 Å². The standard InChI is InChI=1S/C8H19N3/c1-8(9)6-11(7-8)5-4-10(2)3/h4-7,9H2,1-3H3. The van der Waals surface area contributed by atoms with Gasteiger partial charge in [-0.05, 0) is 21.0 Å². The van der Waals surface area contributed by atoms with E-state index in [1.54, 1.807) is 0 Å². The largest absolute Gasteiger partial charge is 0.323 e. The summed E-state index contributed by atoms with van der Waals surface area (Å²) in [4.78, 5) is 4.59. The molecule has 0 aromatic rings. The predicted molar refractivity (Wildman–Crippen MR) is 47.6 cm³/mol. The molecule has 0 amide bonds. The molecule has 0 bridgehead atoms. The van der Waals surface area contributed by atoms with E-state index in [1.807, 2.05) is 0 Å². The van der Waals surface area contributed by atoms with Crippen LogP contribution in [0.4, 0.5) is 0 Å². The molecule has 1 fully saturated rings. The lowest BCUT2D eigenvalue weighted by molar-refractivity contribution is 0.0771. The highest BCUT2D eigenvalue weighted by molar-refractivity contribution is 4.95. The van der Waals surface area contributed by atoms with Gasteiger partial charge in [0.25, 0.3) is 0 Å². The molecule has 1 heterocycles. The minimum absolute atomic E-state index is 0.0896. The van der Waals surface area contributed by atoms with Crippen LogP contribution in [0, 0.1) is 0 Å². The van der Waals surface area contributed by atoms with Gasteiger partial charge < -0.3 is 10.6 Å². The van der Waals surface area contributed by atoms with Crippen molar-refractivity contribution in [3.8, 4) is 0 Å². The first-order valence-corrected chi connectivity index (χ1v) is 4.16. The summed E-state index contributed by atoms with van der Waals surface area (Å²) >= 11 is 0. The molecule has 1 aliphatic rings. The van der Waals surface area contributed by atoms with Crippen molar-refractivity contribution >= 4 is 0 Å². The van der Waals surface area contributed by atoms with Gasteiger partial charge in [0.05, 0.1) is 0 Å². The molecular formula is C8H19N3. The highest BCUT2D eigenvalue weighted by Crippen LogP contribution is 2.15. The molecule has 0 aliphatic carbocycles. The fourth-order valence-corrected chi connectivity index (χ4v) is 1.47. The third-order valence-corrected chi connectivity index (χ3v) is 2.03. The number of likely N-dealkylation sites (tertiary alicyclic amines) is 1. The van der Waals surface area contributed by atoms with Gasteiger partial charge in [0.15, 0.2) is 0 Å². The van der Waals surface area contributed by atoms with Crippen LogP contribution in [0.3, 0.4) is 0 Å². The number of likely N-dealkylation sites (N-methyl/N-ethyl adjacent to an activating group) is 1. The lowest BCUT2D eigenvalue weighted by atomic mass is 9.94. The smallest absolute Gasteiger partial charge is 0.0383 e. The molecule has 0 unspecified atom stereocenters. The van der Waals surface area contributed by atoms with Crippen molar-refractivity contribution in [2.24, 2.45) is 5.73 Å². The van der Waals surface area contributed by atoms with E-state index in [4.69, 9.17) is 5.73 Å². The zero-order valence-electron chi connectivity index (χ0n) is 7.80. The van der Waals surface area contributed by atoms with Crippen molar-refractivity contribution < 1.29 is 0 Å². The van der Waals surface area contributed by atoms with Crippen LogP contribution in [-0.2, 0) is 0 Å². The lowest BCUT2D eigenvalue weighted by Gasteiger charge is -2.45. The van der Waals surface area contributed by atoms with Crippen LogP contribution in [0.15, 0.2) is 0 Å². The van der Waals surface area contributed by atoms with E-state index in [2.05, 4.69) is 30.8 Å². The van der Waals surface area contributed by atoms with Crippen LogP contribution in [0.5, 0.6) is 0 Å². The highest BCUT2D eigenvalue weighted by atomic mass is 15.3. The van der Waals surface area contributed by atoms with Crippen molar-refractivity contribution in [3.63, 3.8) is 0 Å². The number of hydrogen-bond donors (Lipinski definition) is 1. The Morgan fingerprint density at radius 1 is 1.45 bits per heavy atom. The maximum Gasteiger partial charge on any atom is 0.0383 e. The monoisotopic (exact) mass is 157 g/mol. The molecule has 0 aromatic carbocycles. The van der Waals surface area contributed by atoms with E-state index in [0.29, 0.717) is 0 Å². The van der Waals surface area contributed by atoms with Gasteiger partial charge in [-0.1, -0.05) is 0 Å². The summed E-state index contributed by atoms with van der Waals surface area (Å²) in [6, 6.07) is 0. The first-order chi connectivity index (χ1) is 4.99. The van der Waals surface area contributed by atoms with Crippen molar-refractivity contribution in [1.82, 2.24) is 9.80 Å². The molecule has 0 radical (unpaired) electrons. The molecule has 11 heavy (non-hydrogen) atoms. The van der Waals surface area contributed by atoms with Gasteiger partial charge in [-0.2, -0.15) is 0 Å². The van der Waals surface area contributed by atoms with Crippen LogP contribution in [0.2, 0.25) is 0 Å². The van der Waals surface area contributed by atoms with Gasteiger partial charge >= 0.3 is 0 Å². The predicted octanol–water partition coefficient (Wildman–Crippen LogP) is -0.419. The number of nitrogens with zero attached hydrogens (tertiary/aromatic N) is 2. The molecule has 0 aromatic heterocycles. The number of nitrogens with two attached hydrogens (primary N) is 1. The van der Waals surface area contributed by atoms with Crippen LogP contribution in [-0.4, -0.2) is 55.6 Å². The van der Waals surface area contributed by atoms with Gasteiger partial charge in [-0.25, -0.2) is 0 Å². The second-order valence-corrected chi connectivity index (χ2v) is 4.17. The van der Waals surface area contributed by atoms with Crippen molar-refractivity contribution in [1.29, 1.82) is 0 Å². The summed E-state index contributed by atoms with van der Waals surface area (Å²) in [5, 5.41) is 0. The Balaban J connectivity index is 2.05. The van der Waals surface area contributed by atoms with Gasteiger partial charge in [-0.15, -0.1) is 0 Å². The molecule has 0 spiro atoms. The van der Waals surface area contributed by atoms with Crippen LogP contribution in [0.25, 0.3) is 0 Å². The quantitative estimate of drug-likeness (QED) is 0.604. The Morgan fingerprint density at radius 3 is 2.36 bits per heavy atom. The van der Waals surface area contributed by atoms with E-state index in [0.717, 1.165) is 26.2 Å². The summed E-state index contributed by atoms with van der Waals surface area (Å²) in [5.74, 6) is 0. The zero-order valence-corrected chi connectivity index (χ0v) is 7.80. The molecule has 1 saturated heterocycles. The van der Waals surface area contributed by atoms with Crippen LogP contribution in [0.1, 0.15) is 6.92 Å². The topological polar surface area (TPSA) is 32.5 Å². The summed E-state index contributed by atoms with van der Waals surface area (Å²) in [6.45, 7) is 6.51. The Hall–Kier alpha value is -0.120.